The largest absolute Gasteiger partial charge is 0.324 e. The van der Waals surface area contributed by atoms with Gasteiger partial charge in [0.15, 0.2) is 0 Å². The van der Waals surface area contributed by atoms with E-state index < -0.39 is 0 Å². The van der Waals surface area contributed by atoms with E-state index >= 15 is 0 Å². The Balaban J connectivity index is 1.80. The minimum atomic E-state index is -0.275. The molecular weight excluding hydrogens is 290 g/mol. The van der Waals surface area contributed by atoms with Crippen molar-refractivity contribution >= 4 is 22.4 Å². The van der Waals surface area contributed by atoms with E-state index in [9.17, 15) is 9.59 Å². The summed E-state index contributed by atoms with van der Waals surface area (Å²) in [4.78, 5) is 24.5. The van der Waals surface area contributed by atoms with Gasteiger partial charge in [0.2, 0.25) is 5.91 Å². The average Bonchev–Trinajstić information content (AvgIpc) is 2.58. The Labute approximate surface area is 133 Å². The molecule has 0 fully saturated rings. The van der Waals surface area contributed by atoms with Gasteiger partial charge >= 0.3 is 0 Å². The molecule has 0 atom stereocenters. The lowest BCUT2D eigenvalue weighted by atomic mass is 10.1. The highest BCUT2D eigenvalue weighted by Crippen LogP contribution is 2.11. The number of fused-ring (bicyclic) bond motifs is 1. The Bertz CT molecular complexity index is 915. The minimum absolute atomic E-state index is 0.111. The Kier molecular flexibility index (Phi) is 4.19. The van der Waals surface area contributed by atoms with Crippen LogP contribution < -0.4 is 10.9 Å². The number of hydrogen-bond acceptors (Lipinski definition) is 3. The van der Waals surface area contributed by atoms with Crippen molar-refractivity contribution in [1.82, 2.24) is 9.78 Å². The minimum Gasteiger partial charge on any atom is -0.324 e. The molecule has 2 aromatic carbocycles. The van der Waals surface area contributed by atoms with Crippen molar-refractivity contribution < 1.29 is 4.79 Å². The molecule has 0 radical (unpaired) electrons. The standard InChI is InChI=1S/C18H17N3O2/c1-2-13-6-5-8-15(10-13)20-17(22)12-21-18(23)16-9-4-3-7-14(16)11-19-21/h3-11H,2,12H2,1H3,(H,20,22). The molecule has 0 aliphatic carbocycles. The first-order valence-corrected chi connectivity index (χ1v) is 7.51. The first-order chi connectivity index (χ1) is 11.2. The second-order valence-electron chi connectivity index (χ2n) is 5.30. The zero-order chi connectivity index (χ0) is 16.2. The quantitative estimate of drug-likeness (QED) is 0.806. The molecule has 3 aromatic rings. The first kappa shape index (κ1) is 15.0. The number of carbonyl (C=O) groups excluding carboxylic acids is 1. The molecule has 1 heterocycles. The van der Waals surface area contributed by atoms with Gasteiger partial charge in [0, 0.05) is 11.1 Å². The molecule has 0 saturated heterocycles. The summed E-state index contributed by atoms with van der Waals surface area (Å²) in [6.45, 7) is 1.94. The second-order valence-corrected chi connectivity index (χ2v) is 5.30. The van der Waals surface area contributed by atoms with Crippen LogP contribution in [0.25, 0.3) is 10.8 Å². The van der Waals surface area contributed by atoms with Crippen molar-refractivity contribution in [3.63, 3.8) is 0 Å². The van der Waals surface area contributed by atoms with Gasteiger partial charge in [-0.25, -0.2) is 4.68 Å². The fraction of sp³-hybridized carbons (Fsp3) is 0.167. The van der Waals surface area contributed by atoms with E-state index in [1.807, 2.05) is 36.4 Å². The highest BCUT2D eigenvalue weighted by atomic mass is 16.2. The lowest BCUT2D eigenvalue weighted by Crippen LogP contribution is -2.29. The third kappa shape index (κ3) is 3.29. The SMILES string of the molecule is CCc1cccc(NC(=O)Cn2ncc3ccccc3c2=O)c1. The number of hydrogen-bond donors (Lipinski definition) is 1. The van der Waals surface area contributed by atoms with Crippen molar-refractivity contribution in [2.45, 2.75) is 19.9 Å². The summed E-state index contributed by atoms with van der Waals surface area (Å²) in [6, 6.07) is 14.9. The molecule has 0 aliphatic rings. The highest BCUT2D eigenvalue weighted by molar-refractivity contribution is 5.90. The van der Waals surface area contributed by atoms with Crippen LogP contribution in [-0.2, 0) is 17.8 Å². The zero-order valence-electron chi connectivity index (χ0n) is 12.8. The van der Waals surface area contributed by atoms with E-state index in [0.717, 1.165) is 23.1 Å². The van der Waals surface area contributed by atoms with Crippen molar-refractivity contribution in [2.75, 3.05) is 5.32 Å². The third-order valence-electron chi connectivity index (χ3n) is 3.67. The molecule has 0 unspecified atom stereocenters. The van der Waals surface area contributed by atoms with Crippen LogP contribution >= 0.6 is 0 Å². The number of aryl methyl sites for hydroxylation is 1. The number of amides is 1. The van der Waals surface area contributed by atoms with E-state index in [2.05, 4.69) is 17.3 Å². The van der Waals surface area contributed by atoms with Crippen LogP contribution in [0.15, 0.2) is 59.5 Å². The molecule has 1 amide bonds. The van der Waals surface area contributed by atoms with Crippen LogP contribution in [0.4, 0.5) is 5.69 Å². The molecule has 1 aromatic heterocycles. The molecule has 5 heteroatoms. The van der Waals surface area contributed by atoms with Crippen molar-refractivity contribution in [1.29, 1.82) is 0 Å². The van der Waals surface area contributed by atoms with E-state index in [-0.39, 0.29) is 18.0 Å². The van der Waals surface area contributed by atoms with E-state index in [1.165, 1.54) is 4.68 Å². The van der Waals surface area contributed by atoms with Gasteiger partial charge in [-0.1, -0.05) is 37.3 Å². The van der Waals surface area contributed by atoms with Gasteiger partial charge < -0.3 is 5.32 Å². The fourth-order valence-corrected chi connectivity index (χ4v) is 2.45. The molecule has 116 valence electrons. The monoisotopic (exact) mass is 307 g/mol. The molecule has 0 spiro atoms. The zero-order valence-corrected chi connectivity index (χ0v) is 12.8. The van der Waals surface area contributed by atoms with Gasteiger partial charge in [-0.15, -0.1) is 0 Å². The third-order valence-corrected chi connectivity index (χ3v) is 3.67. The van der Waals surface area contributed by atoms with E-state index in [4.69, 9.17) is 0 Å². The van der Waals surface area contributed by atoms with Crippen molar-refractivity contribution in [3.05, 3.63) is 70.6 Å². The number of aromatic nitrogens is 2. The topological polar surface area (TPSA) is 64.0 Å². The molecule has 0 bridgehead atoms. The van der Waals surface area contributed by atoms with Crippen molar-refractivity contribution in [2.24, 2.45) is 0 Å². The Morgan fingerprint density at radius 1 is 1.17 bits per heavy atom. The molecule has 1 N–H and O–H groups in total. The second kappa shape index (κ2) is 6.44. The van der Waals surface area contributed by atoms with Crippen molar-refractivity contribution in [3.8, 4) is 0 Å². The summed E-state index contributed by atoms with van der Waals surface area (Å²) < 4.78 is 1.18. The summed E-state index contributed by atoms with van der Waals surface area (Å²) in [5.74, 6) is -0.275. The van der Waals surface area contributed by atoms with Crippen LogP contribution in [0.5, 0.6) is 0 Å². The maximum absolute atomic E-state index is 12.3. The highest BCUT2D eigenvalue weighted by Gasteiger charge is 2.08. The van der Waals surface area contributed by atoms with Gasteiger partial charge in [0.1, 0.15) is 6.54 Å². The summed E-state index contributed by atoms with van der Waals surface area (Å²) >= 11 is 0. The normalized spacial score (nSPS) is 10.7. The smallest absolute Gasteiger partial charge is 0.275 e. The van der Waals surface area contributed by atoms with Crippen LogP contribution in [0.2, 0.25) is 0 Å². The number of carbonyl (C=O) groups is 1. The van der Waals surface area contributed by atoms with Gasteiger partial charge in [-0.2, -0.15) is 5.10 Å². The number of rotatable bonds is 4. The first-order valence-electron chi connectivity index (χ1n) is 7.51. The van der Waals surface area contributed by atoms with Gasteiger partial charge in [-0.3, -0.25) is 9.59 Å². The van der Waals surface area contributed by atoms with Crippen LogP contribution in [0, 0.1) is 0 Å². The van der Waals surface area contributed by atoms with Crippen LogP contribution in [-0.4, -0.2) is 15.7 Å². The molecular formula is C18H17N3O2. The van der Waals surface area contributed by atoms with Gasteiger partial charge in [0.05, 0.1) is 11.6 Å². The number of nitrogens with one attached hydrogen (secondary N) is 1. The predicted octanol–water partition coefficient (Wildman–Crippen LogP) is 2.60. The summed E-state index contributed by atoms with van der Waals surface area (Å²) in [6.07, 6.45) is 2.50. The lowest BCUT2D eigenvalue weighted by Gasteiger charge is -2.08. The number of anilines is 1. The number of benzene rings is 2. The molecule has 5 nitrogen and oxygen atoms in total. The molecule has 0 saturated carbocycles. The Hall–Kier alpha value is -2.95. The maximum Gasteiger partial charge on any atom is 0.275 e. The van der Waals surface area contributed by atoms with Gasteiger partial charge in [0.25, 0.3) is 5.56 Å². The van der Waals surface area contributed by atoms with Crippen LogP contribution in [0.1, 0.15) is 12.5 Å². The fourth-order valence-electron chi connectivity index (χ4n) is 2.45. The summed E-state index contributed by atoms with van der Waals surface area (Å²) in [5.41, 5.74) is 1.60. The molecule has 0 aliphatic heterocycles. The molecule has 23 heavy (non-hydrogen) atoms. The van der Waals surface area contributed by atoms with Crippen LogP contribution in [0.3, 0.4) is 0 Å². The lowest BCUT2D eigenvalue weighted by molar-refractivity contribution is -0.117. The maximum atomic E-state index is 12.3. The summed E-state index contributed by atoms with van der Waals surface area (Å²) in [5, 5.41) is 8.19. The molecule has 3 rings (SSSR count). The predicted molar refractivity (Wildman–Crippen MR) is 90.5 cm³/mol. The van der Waals surface area contributed by atoms with E-state index in [1.54, 1.807) is 18.3 Å². The van der Waals surface area contributed by atoms with E-state index in [0.29, 0.717) is 5.39 Å². The Morgan fingerprint density at radius 2 is 2.00 bits per heavy atom. The van der Waals surface area contributed by atoms with Gasteiger partial charge in [-0.05, 0) is 30.2 Å². The average molecular weight is 307 g/mol. The Morgan fingerprint density at radius 3 is 2.83 bits per heavy atom. The summed E-state index contributed by atoms with van der Waals surface area (Å²) in [7, 11) is 0. The number of nitrogens with zero attached hydrogens (tertiary/aromatic N) is 2.